The van der Waals surface area contributed by atoms with Gasteiger partial charge in [-0.3, -0.25) is 0 Å². The maximum Gasteiger partial charge on any atom is 0.0577 e. The molecule has 9 atom stereocenters. The van der Waals surface area contributed by atoms with Crippen LogP contribution in [0, 0.1) is 52.3 Å². The minimum atomic E-state index is -0.0866. The molecular formula is C28H46O. The SMILES string of the molecule is CC(C)C(C)C=C[C@@H](C)[C@H]1CCC2C3CC=C4CC(O)CC[C@]4(C)C3CC[C@@]21C. The molecule has 0 amide bonds. The fourth-order valence-electron chi connectivity index (χ4n) is 8.25. The molecule has 0 bridgehead atoms. The van der Waals surface area contributed by atoms with Crippen LogP contribution in [0.4, 0.5) is 0 Å². The van der Waals surface area contributed by atoms with Crippen molar-refractivity contribution in [2.45, 2.75) is 99.0 Å². The highest BCUT2D eigenvalue weighted by atomic mass is 16.3. The summed E-state index contributed by atoms with van der Waals surface area (Å²) >= 11 is 0. The third-order valence-electron chi connectivity index (χ3n) is 10.6. The Balaban J connectivity index is 1.53. The van der Waals surface area contributed by atoms with E-state index in [1.807, 2.05) is 0 Å². The first kappa shape index (κ1) is 21.7. The molecule has 0 radical (unpaired) electrons. The molecule has 164 valence electrons. The van der Waals surface area contributed by atoms with E-state index in [1.165, 1.54) is 38.5 Å². The Bertz CT molecular complexity index is 659. The molecule has 5 unspecified atom stereocenters. The Kier molecular flexibility index (Phi) is 5.86. The summed E-state index contributed by atoms with van der Waals surface area (Å²) in [6.07, 6.45) is 17.7. The van der Waals surface area contributed by atoms with Gasteiger partial charge < -0.3 is 5.11 Å². The molecule has 0 aromatic carbocycles. The number of hydrogen-bond acceptors (Lipinski definition) is 1. The third-order valence-corrected chi connectivity index (χ3v) is 10.6. The van der Waals surface area contributed by atoms with Crippen LogP contribution in [0.1, 0.15) is 92.9 Å². The summed E-state index contributed by atoms with van der Waals surface area (Å²) in [4.78, 5) is 0. The summed E-state index contributed by atoms with van der Waals surface area (Å²) in [6.45, 7) is 14.7. The first-order chi connectivity index (χ1) is 13.7. The van der Waals surface area contributed by atoms with Crippen LogP contribution in [0.25, 0.3) is 0 Å². The lowest BCUT2D eigenvalue weighted by Gasteiger charge is -2.58. The number of aliphatic hydroxyl groups is 1. The van der Waals surface area contributed by atoms with Gasteiger partial charge >= 0.3 is 0 Å². The number of allylic oxidation sites excluding steroid dienone is 3. The fourth-order valence-corrected chi connectivity index (χ4v) is 8.25. The van der Waals surface area contributed by atoms with Gasteiger partial charge in [0.25, 0.3) is 0 Å². The van der Waals surface area contributed by atoms with Crippen LogP contribution in [-0.4, -0.2) is 11.2 Å². The molecule has 0 aromatic rings. The molecule has 0 aromatic heterocycles. The van der Waals surface area contributed by atoms with Gasteiger partial charge in [0.2, 0.25) is 0 Å². The van der Waals surface area contributed by atoms with Crippen molar-refractivity contribution in [3.63, 3.8) is 0 Å². The van der Waals surface area contributed by atoms with Crippen molar-refractivity contribution in [3.8, 4) is 0 Å². The van der Waals surface area contributed by atoms with Crippen molar-refractivity contribution in [1.29, 1.82) is 0 Å². The molecule has 3 saturated carbocycles. The lowest BCUT2D eigenvalue weighted by atomic mass is 9.47. The average molecular weight is 399 g/mol. The van der Waals surface area contributed by atoms with E-state index < -0.39 is 0 Å². The predicted octanol–water partition coefficient (Wildman–Crippen LogP) is 7.41. The van der Waals surface area contributed by atoms with Crippen molar-refractivity contribution < 1.29 is 5.11 Å². The van der Waals surface area contributed by atoms with Crippen molar-refractivity contribution in [2.75, 3.05) is 0 Å². The van der Waals surface area contributed by atoms with E-state index in [0.29, 0.717) is 22.7 Å². The van der Waals surface area contributed by atoms with Gasteiger partial charge in [0.05, 0.1) is 6.10 Å². The van der Waals surface area contributed by atoms with Gasteiger partial charge in [-0.15, -0.1) is 0 Å². The van der Waals surface area contributed by atoms with Crippen molar-refractivity contribution >= 4 is 0 Å². The molecule has 4 rings (SSSR count). The highest BCUT2D eigenvalue weighted by molar-refractivity contribution is 5.25. The summed E-state index contributed by atoms with van der Waals surface area (Å²) in [6, 6.07) is 0. The second-order valence-electron chi connectivity index (χ2n) is 12.2. The minimum absolute atomic E-state index is 0.0866. The summed E-state index contributed by atoms with van der Waals surface area (Å²) < 4.78 is 0. The number of fused-ring (bicyclic) bond motifs is 5. The van der Waals surface area contributed by atoms with Crippen molar-refractivity contribution in [1.82, 2.24) is 0 Å². The summed E-state index contributed by atoms with van der Waals surface area (Å²) in [5, 5.41) is 10.2. The topological polar surface area (TPSA) is 20.2 Å². The lowest BCUT2D eigenvalue weighted by Crippen LogP contribution is -2.50. The van der Waals surface area contributed by atoms with Crippen LogP contribution in [0.5, 0.6) is 0 Å². The second-order valence-corrected chi connectivity index (χ2v) is 12.2. The first-order valence-electron chi connectivity index (χ1n) is 12.7. The molecule has 1 N–H and O–H groups in total. The van der Waals surface area contributed by atoms with E-state index in [-0.39, 0.29) is 6.10 Å². The highest BCUT2D eigenvalue weighted by Crippen LogP contribution is 2.67. The molecule has 3 fully saturated rings. The van der Waals surface area contributed by atoms with E-state index >= 15 is 0 Å². The molecule has 1 nitrogen and oxygen atoms in total. The zero-order valence-electron chi connectivity index (χ0n) is 20.0. The Morgan fingerprint density at radius 2 is 1.72 bits per heavy atom. The molecule has 0 heterocycles. The number of hydrogen-bond donors (Lipinski definition) is 1. The van der Waals surface area contributed by atoms with Gasteiger partial charge in [0.15, 0.2) is 0 Å². The zero-order valence-corrected chi connectivity index (χ0v) is 20.0. The predicted molar refractivity (Wildman–Crippen MR) is 124 cm³/mol. The van der Waals surface area contributed by atoms with Crippen LogP contribution in [-0.2, 0) is 0 Å². The molecule has 29 heavy (non-hydrogen) atoms. The van der Waals surface area contributed by atoms with E-state index in [4.69, 9.17) is 0 Å². The van der Waals surface area contributed by atoms with Crippen LogP contribution < -0.4 is 0 Å². The molecule has 1 heteroatoms. The third kappa shape index (κ3) is 3.58. The van der Waals surface area contributed by atoms with E-state index in [9.17, 15) is 5.11 Å². The fraction of sp³-hybridized carbons (Fsp3) is 0.857. The van der Waals surface area contributed by atoms with E-state index in [0.717, 1.165) is 42.4 Å². The summed E-state index contributed by atoms with van der Waals surface area (Å²) in [5.41, 5.74) is 2.51. The Morgan fingerprint density at radius 3 is 2.45 bits per heavy atom. The smallest absolute Gasteiger partial charge is 0.0577 e. The average Bonchev–Trinajstić information content (AvgIpc) is 3.03. The largest absolute Gasteiger partial charge is 0.393 e. The molecule has 0 spiro atoms. The maximum atomic E-state index is 10.2. The lowest BCUT2D eigenvalue weighted by molar-refractivity contribution is -0.0540. The van der Waals surface area contributed by atoms with Crippen LogP contribution in [0.15, 0.2) is 23.8 Å². The van der Waals surface area contributed by atoms with Crippen LogP contribution in [0.3, 0.4) is 0 Å². The molecule has 4 aliphatic rings. The highest BCUT2D eigenvalue weighted by Gasteiger charge is 2.58. The maximum absolute atomic E-state index is 10.2. The van der Waals surface area contributed by atoms with Gasteiger partial charge in [-0.05, 0) is 104 Å². The van der Waals surface area contributed by atoms with Crippen molar-refractivity contribution in [3.05, 3.63) is 23.8 Å². The monoisotopic (exact) mass is 398 g/mol. The standard InChI is InChI=1S/C28H46O/c1-18(2)19(3)7-8-20(4)24-11-12-25-23-10-9-21-17-22(29)13-15-27(21,5)26(23)14-16-28(24,25)6/h7-9,18-20,22-26,29H,10-17H2,1-6H3/t19?,20-,22?,23?,24-,25?,26?,27+,28-/m1/s1. The van der Waals surface area contributed by atoms with Gasteiger partial charge in [-0.2, -0.15) is 0 Å². The quantitative estimate of drug-likeness (QED) is 0.489. The van der Waals surface area contributed by atoms with E-state index in [2.05, 4.69) is 59.8 Å². The van der Waals surface area contributed by atoms with Crippen LogP contribution >= 0.6 is 0 Å². The Hall–Kier alpha value is -0.560. The molecule has 0 saturated heterocycles. The minimum Gasteiger partial charge on any atom is -0.393 e. The normalized spacial score (nSPS) is 46.8. The van der Waals surface area contributed by atoms with Crippen LogP contribution in [0.2, 0.25) is 0 Å². The van der Waals surface area contributed by atoms with Crippen molar-refractivity contribution in [2.24, 2.45) is 52.3 Å². The summed E-state index contributed by atoms with van der Waals surface area (Å²) in [5.74, 6) is 5.63. The second kappa shape index (κ2) is 7.85. The van der Waals surface area contributed by atoms with E-state index in [1.54, 1.807) is 5.57 Å². The van der Waals surface area contributed by atoms with Gasteiger partial charge in [-0.1, -0.05) is 65.3 Å². The molecule has 4 aliphatic carbocycles. The Labute approximate surface area is 180 Å². The number of rotatable bonds is 4. The molecular weight excluding hydrogens is 352 g/mol. The summed E-state index contributed by atoms with van der Waals surface area (Å²) in [7, 11) is 0. The molecule has 0 aliphatic heterocycles. The Morgan fingerprint density at radius 1 is 0.966 bits per heavy atom. The van der Waals surface area contributed by atoms with Gasteiger partial charge in [0.1, 0.15) is 0 Å². The van der Waals surface area contributed by atoms with Gasteiger partial charge in [0, 0.05) is 0 Å². The zero-order chi connectivity index (χ0) is 21.0. The van der Waals surface area contributed by atoms with Gasteiger partial charge in [-0.25, -0.2) is 0 Å². The number of aliphatic hydroxyl groups excluding tert-OH is 1. The first-order valence-corrected chi connectivity index (χ1v) is 12.7.